The molecule has 0 aromatic rings. The van der Waals surface area contributed by atoms with Gasteiger partial charge < -0.3 is 16.8 Å². The number of nitrogens with one attached hydrogen (secondary N) is 1. The Hall–Kier alpha value is -0.610. The SMILES string of the molecule is CC[C@H](N)C(=O)N[C@@H](C)CN. The largest absolute Gasteiger partial charge is 0.351 e. The highest BCUT2D eigenvalue weighted by Gasteiger charge is 2.11. The summed E-state index contributed by atoms with van der Waals surface area (Å²) in [6.07, 6.45) is 0.656. The molecule has 0 saturated heterocycles. The zero-order valence-electron chi connectivity index (χ0n) is 7.13. The molecule has 0 bridgehead atoms. The topological polar surface area (TPSA) is 81.1 Å². The zero-order chi connectivity index (χ0) is 8.85. The Morgan fingerprint density at radius 2 is 2.18 bits per heavy atom. The van der Waals surface area contributed by atoms with Crippen molar-refractivity contribution < 1.29 is 4.79 Å². The van der Waals surface area contributed by atoms with Crippen molar-refractivity contribution in [3.05, 3.63) is 0 Å². The van der Waals surface area contributed by atoms with E-state index in [9.17, 15) is 4.79 Å². The Bertz CT molecular complexity index is 127. The van der Waals surface area contributed by atoms with Gasteiger partial charge in [0.1, 0.15) is 0 Å². The molecule has 0 saturated carbocycles. The summed E-state index contributed by atoms with van der Waals surface area (Å²) < 4.78 is 0. The second-order valence-electron chi connectivity index (χ2n) is 2.66. The van der Waals surface area contributed by atoms with Gasteiger partial charge >= 0.3 is 0 Å². The van der Waals surface area contributed by atoms with Crippen LogP contribution in [0.3, 0.4) is 0 Å². The van der Waals surface area contributed by atoms with Crippen LogP contribution in [-0.2, 0) is 4.79 Å². The van der Waals surface area contributed by atoms with Gasteiger partial charge in [-0.25, -0.2) is 0 Å². The van der Waals surface area contributed by atoms with Crippen LogP contribution in [0.4, 0.5) is 0 Å². The summed E-state index contributed by atoms with van der Waals surface area (Å²) >= 11 is 0. The van der Waals surface area contributed by atoms with Gasteiger partial charge in [-0.15, -0.1) is 0 Å². The smallest absolute Gasteiger partial charge is 0.237 e. The van der Waals surface area contributed by atoms with Crippen LogP contribution in [0.5, 0.6) is 0 Å². The number of carbonyl (C=O) groups is 1. The summed E-state index contributed by atoms with van der Waals surface area (Å²) in [6, 6.07) is -0.385. The molecule has 0 spiro atoms. The fraction of sp³-hybridized carbons (Fsp3) is 0.857. The van der Waals surface area contributed by atoms with Crippen LogP contribution < -0.4 is 16.8 Å². The average molecular weight is 159 g/mol. The van der Waals surface area contributed by atoms with Crippen LogP contribution in [0.15, 0.2) is 0 Å². The maximum Gasteiger partial charge on any atom is 0.237 e. The van der Waals surface area contributed by atoms with Gasteiger partial charge in [0.05, 0.1) is 6.04 Å². The maximum absolute atomic E-state index is 11.1. The molecule has 66 valence electrons. The number of hydrogen-bond donors (Lipinski definition) is 3. The lowest BCUT2D eigenvalue weighted by Crippen LogP contribution is -2.46. The fourth-order valence-corrected chi connectivity index (χ4v) is 0.594. The molecule has 0 unspecified atom stereocenters. The molecular formula is C7H17N3O. The number of nitrogens with two attached hydrogens (primary N) is 2. The molecule has 0 aliphatic rings. The van der Waals surface area contributed by atoms with Crippen molar-refractivity contribution in [2.45, 2.75) is 32.4 Å². The van der Waals surface area contributed by atoms with E-state index < -0.39 is 6.04 Å². The van der Waals surface area contributed by atoms with Crippen LogP contribution in [-0.4, -0.2) is 24.5 Å². The monoisotopic (exact) mass is 159 g/mol. The molecule has 0 aliphatic heterocycles. The van der Waals surface area contributed by atoms with Gasteiger partial charge in [0.15, 0.2) is 0 Å². The molecule has 2 atom stereocenters. The third-order valence-electron chi connectivity index (χ3n) is 1.52. The highest BCUT2D eigenvalue weighted by molar-refractivity contribution is 5.81. The molecule has 0 fully saturated rings. The van der Waals surface area contributed by atoms with Gasteiger partial charge in [0, 0.05) is 12.6 Å². The molecule has 0 rings (SSSR count). The highest BCUT2D eigenvalue weighted by atomic mass is 16.2. The third kappa shape index (κ3) is 3.95. The number of carbonyl (C=O) groups excluding carboxylic acids is 1. The van der Waals surface area contributed by atoms with Crippen LogP contribution in [0.25, 0.3) is 0 Å². The standard InChI is InChI=1S/C7H17N3O/c1-3-6(9)7(11)10-5(2)4-8/h5-6H,3-4,8-9H2,1-2H3,(H,10,11)/t5-,6-/m0/s1. The molecule has 0 radical (unpaired) electrons. The summed E-state index contributed by atoms with van der Waals surface area (Å²) in [4.78, 5) is 11.1. The maximum atomic E-state index is 11.1. The minimum absolute atomic E-state index is 0.0140. The van der Waals surface area contributed by atoms with E-state index in [1.807, 2.05) is 13.8 Å². The van der Waals surface area contributed by atoms with E-state index in [1.165, 1.54) is 0 Å². The van der Waals surface area contributed by atoms with Crippen molar-refractivity contribution in [1.29, 1.82) is 0 Å². The van der Waals surface area contributed by atoms with E-state index in [4.69, 9.17) is 11.5 Å². The third-order valence-corrected chi connectivity index (χ3v) is 1.52. The lowest BCUT2D eigenvalue weighted by molar-refractivity contribution is -0.122. The molecular weight excluding hydrogens is 142 g/mol. The van der Waals surface area contributed by atoms with E-state index in [2.05, 4.69) is 5.32 Å². The van der Waals surface area contributed by atoms with Gasteiger partial charge in [0.25, 0.3) is 0 Å². The van der Waals surface area contributed by atoms with Crippen molar-refractivity contribution in [2.75, 3.05) is 6.54 Å². The second kappa shape index (κ2) is 5.09. The van der Waals surface area contributed by atoms with Crippen molar-refractivity contribution in [3.8, 4) is 0 Å². The van der Waals surface area contributed by atoms with Gasteiger partial charge in [-0.3, -0.25) is 4.79 Å². The lowest BCUT2D eigenvalue weighted by Gasteiger charge is -2.14. The van der Waals surface area contributed by atoms with Crippen molar-refractivity contribution in [2.24, 2.45) is 11.5 Å². The first-order chi connectivity index (χ1) is 5.11. The number of amides is 1. The molecule has 4 heteroatoms. The summed E-state index contributed by atoms with van der Waals surface area (Å²) in [5, 5.41) is 2.69. The minimum atomic E-state index is -0.399. The molecule has 4 nitrogen and oxygen atoms in total. The minimum Gasteiger partial charge on any atom is -0.351 e. The molecule has 0 aromatic carbocycles. The van der Waals surface area contributed by atoms with E-state index in [1.54, 1.807) is 0 Å². The van der Waals surface area contributed by atoms with Gasteiger partial charge in [0.2, 0.25) is 5.91 Å². The Morgan fingerprint density at radius 1 is 1.64 bits per heavy atom. The Kier molecular flexibility index (Phi) is 4.81. The summed E-state index contributed by atoms with van der Waals surface area (Å²) in [7, 11) is 0. The lowest BCUT2D eigenvalue weighted by atomic mass is 10.2. The Morgan fingerprint density at radius 3 is 2.55 bits per heavy atom. The summed E-state index contributed by atoms with van der Waals surface area (Å²) in [6.45, 7) is 4.17. The Labute approximate surface area is 67.3 Å². The van der Waals surface area contributed by atoms with Gasteiger partial charge in [-0.1, -0.05) is 6.92 Å². The zero-order valence-corrected chi connectivity index (χ0v) is 7.13. The molecule has 0 aliphatic carbocycles. The van der Waals surface area contributed by atoms with E-state index in [0.717, 1.165) is 0 Å². The Balaban J connectivity index is 3.68. The molecule has 0 heterocycles. The number of rotatable bonds is 4. The summed E-state index contributed by atoms with van der Waals surface area (Å²) in [5.41, 5.74) is 10.8. The van der Waals surface area contributed by atoms with Crippen LogP contribution in [0.1, 0.15) is 20.3 Å². The molecule has 1 amide bonds. The summed E-state index contributed by atoms with van der Waals surface area (Å²) in [5.74, 6) is -0.120. The van der Waals surface area contributed by atoms with Crippen LogP contribution in [0.2, 0.25) is 0 Å². The highest BCUT2D eigenvalue weighted by Crippen LogP contribution is 1.86. The first-order valence-corrected chi connectivity index (χ1v) is 3.87. The number of hydrogen-bond acceptors (Lipinski definition) is 3. The van der Waals surface area contributed by atoms with Crippen LogP contribution >= 0.6 is 0 Å². The van der Waals surface area contributed by atoms with Crippen molar-refractivity contribution in [3.63, 3.8) is 0 Å². The van der Waals surface area contributed by atoms with Gasteiger partial charge in [-0.2, -0.15) is 0 Å². The molecule has 0 aromatic heterocycles. The molecule has 11 heavy (non-hydrogen) atoms. The van der Waals surface area contributed by atoms with Gasteiger partial charge in [-0.05, 0) is 13.3 Å². The van der Waals surface area contributed by atoms with Crippen molar-refractivity contribution in [1.82, 2.24) is 5.32 Å². The van der Waals surface area contributed by atoms with E-state index in [0.29, 0.717) is 13.0 Å². The predicted octanol–water partition coefficient (Wildman–Crippen LogP) is -0.813. The normalized spacial score (nSPS) is 15.6. The average Bonchev–Trinajstić information content (AvgIpc) is 2.02. The quantitative estimate of drug-likeness (QED) is 0.501. The first-order valence-electron chi connectivity index (χ1n) is 3.87. The van der Waals surface area contributed by atoms with E-state index in [-0.39, 0.29) is 11.9 Å². The van der Waals surface area contributed by atoms with Crippen molar-refractivity contribution >= 4 is 5.91 Å². The second-order valence-corrected chi connectivity index (χ2v) is 2.66. The van der Waals surface area contributed by atoms with Crippen LogP contribution in [0, 0.1) is 0 Å². The molecule has 5 N–H and O–H groups in total. The fourth-order valence-electron chi connectivity index (χ4n) is 0.594. The predicted molar refractivity (Wildman–Crippen MR) is 44.9 cm³/mol. The van der Waals surface area contributed by atoms with E-state index >= 15 is 0 Å². The first kappa shape index (κ1) is 10.4.